The molecule has 1 heterocycles. The Balaban J connectivity index is 2.17. The van der Waals surface area contributed by atoms with Gasteiger partial charge in [-0.15, -0.1) is 0 Å². The number of ether oxygens (including phenoxy) is 1. The summed E-state index contributed by atoms with van der Waals surface area (Å²) >= 11 is 0. The summed E-state index contributed by atoms with van der Waals surface area (Å²) in [7, 11) is 1.50. The van der Waals surface area contributed by atoms with Crippen molar-refractivity contribution in [3.05, 3.63) is 12.2 Å². The number of rotatable bonds is 6. The number of likely N-dealkylation sites (N-methyl/N-ethyl adjacent to an activating group) is 1. The van der Waals surface area contributed by atoms with E-state index in [-0.39, 0.29) is 24.3 Å². The van der Waals surface area contributed by atoms with Crippen LogP contribution in [0.1, 0.15) is 13.3 Å². The SMILES string of the molecule is C=C(C)COCCNC1CC(=O)N(C)C1=O. The van der Waals surface area contributed by atoms with Crippen LogP contribution in [0.5, 0.6) is 0 Å². The second kappa shape index (κ2) is 5.77. The van der Waals surface area contributed by atoms with Crippen LogP contribution in [0.15, 0.2) is 12.2 Å². The second-order valence-electron chi connectivity index (χ2n) is 4.01. The van der Waals surface area contributed by atoms with Crippen molar-refractivity contribution in [2.24, 2.45) is 0 Å². The Hall–Kier alpha value is -1.20. The second-order valence-corrected chi connectivity index (χ2v) is 4.01. The van der Waals surface area contributed by atoms with Crippen LogP contribution >= 0.6 is 0 Å². The number of nitrogens with one attached hydrogen (secondary N) is 1. The lowest BCUT2D eigenvalue weighted by Crippen LogP contribution is -2.38. The van der Waals surface area contributed by atoms with Crippen LogP contribution in [0.2, 0.25) is 0 Å². The molecule has 1 saturated heterocycles. The molecule has 1 fully saturated rings. The molecule has 5 heteroatoms. The summed E-state index contributed by atoms with van der Waals surface area (Å²) in [4.78, 5) is 23.8. The van der Waals surface area contributed by atoms with E-state index < -0.39 is 0 Å². The fourth-order valence-electron chi connectivity index (χ4n) is 1.47. The maximum absolute atomic E-state index is 11.5. The molecular weight excluding hydrogens is 208 g/mol. The van der Waals surface area contributed by atoms with Gasteiger partial charge >= 0.3 is 0 Å². The molecule has 0 spiro atoms. The molecule has 0 bridgehead atoms. The minimum absolute atomic E-state index is 0.134. The fourth-order valence-corrected chi connectivity index (χ4v) is 1.47. The predicted octanol–water partition coefficient (Wildman–Crippen LogP) is -0.0740. The van der Waals surface area contributed by atoms with Crippen molar-refractivity contribution < 1.29 is 14.3 Å². The lowest BCUT2D eigenvalue weighted by atomic mass is 10.2. The Morgan fingerprint density at radius 3 is 2.81 bits per heavy atom. The van der Waals surface area contributed by atoms with Gasteiger partial charge in [0.15, 0.2) is 0 Å². The molecule has 1 aliphatic heterocycles. The lowest BCUT2D eigenvalue weighted by Gasteiger charge is -2.11. The highest BCUT2D eigenvalue weighted by atomic mass is 16.5. The third kappa shape index (κ3) is 3.43. The molecule has 1 N–H and O–H groups in total. The summed E-state index contributed by atoms with van der Waals surface area (Å²) in [6.45, 7) is 7.20. The van der Waals surface area contributed by atoms with E-state index in [9.17, 15) is 9.59 Å². The van der Waals surface area contributed by atoms with Crippen LogP contribution < -0.4 is 5.32 Å². The highest BCUT2D eigenvalue weighted by Crippen LogP contribution is 2.09. The van der Waals surface area contributed by atoms with Gasteiger partial charge in [0, 0.05) is 13.6 Å². The van der Waals surface area contributed by atoms with Crippen LogP contribution in [0.25, 0.3) is 0 Å². The number of carbonyl (C=O) groups is 2. The van der Waals surface area contributed by atoms with Gasteiger partial charge in [-0.2, -0.15) is 0 Å². The number of likely N-dealkylation sites (tertiary alicyclic amines) is 1. The summed E-state index contributed by atoms with van der Waals surface area (Å²) in [5.41, 5.74) is 0.965. The highest BCUT2D eigenvalue weighted by Gasteiger charge is 2.35. The lowest BCUT2D eigenvalue weighted by molar-refractivity contribution is -0.137. The number of hydrogen-bond acceptors (Lipinski definition) is 4. The summed E-state index contributed by atoms with van der Waals surface area (Å²) in [5, 5.41) is 3.00. The van der Waals surface area contributed by atoms with Crippen molar-refractivity contribution in [3.63, 3.8) is 0 Å². The third-order valence-electron chi connectivity index (χ3n) is 2.37. The summed E-state index contributed by atoms with van der Waals surface area (Å²) in [6, 6.07) is -0.383. The van der Waals surface area contributed by atoms with Crippen LogP contribution in [0.3, 0.4) is 0 Å². The zero-order valence-electron chi connectivity index (χ0n) is 9.78. The Labute approximate surface area is 95.4 Å². The van der Waals surface area contributed by atoms with Crippen molar-refractivity contribution in [1.29, 1.82) is 0 Å². The molecule has 2 amide bonds. The van der Waals surface area contributed by atoms with Crippen LogP contribution in [0.4, 0.5) is 0 Å². The zero-order chi connectivity index (χ0) is 12.1. The molecule has 5 nitrogen and oxygen atoms in total. The van der Waals surface area contributed by atoms with Gasteiger partial charge in [-0.25, -0.2) is 0 Å². The Morgan fingerprint density at radius 2 is 2.31 bits per heavy atom. The first-order valence-electron chi connectivity index (χ1n) is 5.28. The molecule has 16 heavy (non-hydrogen) atoms. The molecule has 0 aromatic carbocycles. The quantitative estimate of drug-likeness (QED) is 0.391. The average Bonchev–Trinajstić information content (AvgIpc) is 2.45. The average molecular weight is 226 g/mol. The molecule has 0 aromatic rings. The molecule has 0 radical (unpaired) electrons. The summed E-state index contributed by atoms with van der Waals surface area (Å²) < 4.78 is 5.27. The molecule has 1 rings (SSSR count). The number of hydrogen-bond donors (Lipinski definition) is 1. The Kier molecular flexibility index (Phi) is 4.64. The van der Waals surface area contributed by atoms with Gasteiger partial charge in [0.25, 0.3) is 0 Å². The third-order valence-corrected chi connectivity index (χ3v) is 2.37. The van der Waals surface area contributed by atoms with Crippen molar-refractivity contribution in [1.82, 2.24) is 10.2 Å². The van der Waals surface area contributed by atoms with Gasteiger partial charge in [-0.3, -0.25) is 14.5 Å². The van der Waals surface area contributed by atoms with E-state index in [1.54, 1.807) is 0 Å². The van der Waals surface area contributed by atoms with Gasteiger partial charge in [-0.05, 0) is 6.92 Å². The van der Waals surface area contributed by atoms with E-state index >= 15 is 0 Å². The van der Waals surface area contributed by atoms with E-state index in [0.29, 0.717) is 19.8 Å². The van der Waals surface area contributed by atoms with E-state index in [4.69, 9.17) is 4.74 Å². The molecule has 0 aromatic heterocycles. The number of carbonyl (C=O) groups excluding carboxylic acids is 2. The van der Waals surface area contributed by atoms with E-state index in [1.165, 1.54) is 7.05 Å². The van der Waals surface area contributed by atoms with Gasteiger partial charge in [-0.1, -0.05) is 12.2 Å². The van der Waals surface area contributed by atoms with Gasteiger partial charge < -0.3 is 10.1 Å². The molecule has 1 aliphatic rings. The minimum atomic E-state index is -0.383. The Bertz CT molecular complexity index is 302. The first-order chi connectivity index (χ1) is 7.52. The zero-order valence-corrected chi connectivity index (χ0v) is 9.78. The monoisotopic (exact) mass is 226 g/mol. The summed E-state index contributed by atoms with van der Waals surface area (Å²) in [5.74, 6) is -0.296. The van der Waals surface area contributed by atoms with Gasteiger partial charge in [0.05, 0.1) is 25.7 Å². The number of amides is 2. The maximum atomic E-state index is 11.5. The topological polar surface area (TPSA) is 58.6 Å². The molecule has 1 atom stereocenters. The number of imide groups is 1. The van der Waals surface area contributed by atoms with E-state index in [2.05, 4.69) is 11.9 Å². The van der Waals surface area contributed by atoms with Gasteiger partial charge in [0.2, 0.25) is 11.8 Å². The predicted molar refractivity (Wildman–Crippen MR) is 59.8 cm³/mol. The molecule has 0 saturated carbocycles. The standard InChI is InChI=1S/C11H18N2O3/c1-8(2)7-16-5-4-12-9-6-10(14)13(3)11(9)15/h9,12H,1,4-7H2,2-3H3. The molecule has 90 valence electrons. The molecular formula is C11H18N2O3. The molecule has 0 aliphatic carbocycles. The Morgan fingerprint density at radius 1 is 1.62 bits per heavy atom. The van der Waals surface area contributed by atoms with Crippen LogP contribution in [-0.4, -0.2) is 49.6 Å². The first kappa shape index (κ1) is 12.9. The summed E-state index contributed by atoms with van der Waals surface area (Å²) in [6.07, 6.45) is 0.246. The van der Waals surface area contributed by atoms with E-state index in [0.717, 1.165) is 10.5 Å². The largest absolute Gasteiger partial charge is 0.376 e. The van der Waals surface area contributed by atoms with Crippen LogP contribution in [0, 0.1) is 0 Å². The van der Waals surface area contributed by atoms with Crippen LogP contribution in [-0.2, 0) is 14.3 Å². The van der Waals surface area contributed by atoms with Gasteiger partial charge in [0.1, 0.15) is 0 Å². The fraction of sp³-hybridized carbons (Fsp3) is 0.636. The highest BCUT2D eigenvalue weighted by molar-refractivity contribution is 6.05. The number of nitrogens with zero attached hydrogens (tertiary/aromatic N) is 1. The smallest absolute Gasteiger partial charge is 0.246 e. The minimum Gasteiger partial charge on any atom is -0.376 e. The van der Waals surface area contributed by atoms with E-state index in [1.807, 2.05) is 6.92 Å². The maximum Gasteiger partial charge on any atom is 0.246 e. The van der Waals surface area contributed by atoms with Crippen molar-refractivity contribution in [2.75, 3.05) is 26.8 Å². The normalized spacial score (nSPS) is 20.6. The van der Waals surface area contributed by atoms with Crippen molar-refractivity contribution in [3.8, 4) is 0 Å². The van der Waals surface area contributed by atoms with Crippen molar-refractivity contribution >= 4 is 11.8 Å². The first-order valence-corrected chi connectivity index (χ1v) is 5.28. The molecule has 1 unspecified atom stereocenters. The van der Waals surface area contributed by atoms with Crippen molar-refractivity contribution in [2.45, 2.75) is 19.4 Å².